The summed E-state index contributed by atoms with van der Waals surface area (Å²) in [6.45, 7) is 4.00. The van der Waals surface area contributed by atoms with Gasteiger partial charge in [-0.1, -0.05) is 97.9 Å². The monoisotopic (exact) mass is 454 g/mol. The lowest BCUT2D eigenvalue weighted by molar-refractivity contribution is 0.0934. The summed E-state index contributed by atoms with van der Waals surface area (Å²) in [5.41, 5.74) is 0.241. The highest BCUT2D eigenvalue weighted by Crippen LogP contribution is 2.49. The molecule has 33 heavy (non-hydrogen) atoms. The van der Waals surface area contributed by atoms with E-state index in [4.69, 9.17) is 4.74 Å². The fourth-order valence-electron chi connectivity index (χ4n) is 3.65. The highest BCUT2D eigenvalue weighted by molar-refractivity contribution is 7.87. The molecule has 0 saturated heterocycles. The predicted octanol–water partition coefficient (Wildman–Crippen LogP) is 4.81. The molecule has 0 aliphatic carbocycles. The molecule has 1 N–H and O–H groups in total. The first-order valence-corrected chi connectivity index (χ1v) is 12.8. The molecule has 1 atom stereocenters. The number of benzene rings is 3. The highest BCUT2D eigenvalue weighted by atomic mass is 31.2. The maximum absolute atomic E-state index is 13.1. The van der Waals surface area contributed by atoms with E-state index < -0.39 is 7.05 Å². The normalized spacial score (nSPS) is 12.1. The van der Waals surface area contributed by atoms with Crippen molar-refractivity contribution in [3.8, 4) is 0 Å². The summed E-state index contributed by atoms with van der Waals surface area (Å²) in [6.07, 6.45) is 3.96. The summed E-state index contributed by atoms with van der Waals surface area (Å²) in [5, 5.41) is 6.26. The van der Waals surface area contributed by atoms with E-state index >= 15 is 0 Å². The molecule has 0 radical (unpaired) electrons. The van der Waals surface area contributed by atoms with Crippen LogP contribution in [0.3, 0.4) is 0 Å². The Bertz CT molecular complexity index is 1160. The molecule has 166 valence electrons. The van der Waals surface area contributed by atoms with Gasteiger partial charge in [-0.15, -0.1) is 0 Å². The predicted molar refractivity (Wildman–Crippen MR) is 136 cm³/mol. The zero-order valence-electron chi connectivity index (χ0n) is 18.8. The SMILES string of the molecule is CCC(C)NC(=O)c1nccnc1N=P(c1ccccc1)(c1ccccc1)c1ccccc1. The average Bonchev–Trinajstić information content (AvgIpc) is 2.89. The fraction of sp³-hybridized carbons (Fsp3) is 0.148. The van der Waals surface area contributed by atoms with Crippen molar-refractivity contribution in [3.63, 3.8) is 0 Å². The van der Waals surface area contributed by atoms with Crippen molar-refractivity contribution in [2.24, 2.45) is 4.74 Å². The molecule has 5 nitrogen and oxygen atoms in total. The number of carbonyl (C=O) groups excluding carboxylic acids is 1. The van der Waals surface area contributed by atoms with Crippen LogP contribution in [-0.2, 0) is 0 Å². The first-order chi connectivity index (χ1) is 16.1. The minimum Gasteiger partial charge on any atom is -0.348 e. The van der Waals surface area contributed by atoms with Gasteiger partial charge in [0.15, 0.2) is 11.5 Å². The second-order valence-electron chi connectivity index (χ2n) is 7.75. The Hall–Kier alpha value is -3.56. The van der Waals surface area contributed by atoms with Crippen LogP contribution < -0.4 is 21.2 Å². The molecule has 1 amide bonds. The van der Waals surface area contributed by atoms with E-state index in [-0.39, 0.29) is 17.6 Å². The Labute approximate surface area is 195 Å². The number of nitrogens with one attached hydrogen (secondary N) is 1. The van der Waals surface area contributed by atoms with Crippen molar-refractivity contribution in [2.45, 2.75) is 26.3 Å². The van der Waals surface area contributed by atoms with Crippen LogP contribution in [0.15, 0.2) is 108 Å². The van der Waals surface area contributed by atoms with Crippen molar-refractivity contribution in [1.29, 1.82) is 0 Å². The van der Waals surface area contributed by atoms with Gasteiger partial charge in [-0.3, -0.25) is 4.79 Å². The van der Waals surface area contributed by atoms with E-state index in [9.17, 15) is 4.79 Å². The lowest BCUT2D eigenvalue weighted by atomic mass is 10.2. The Morgan fingerprint density at radius 2 is 1.27 bits per heavy atom. The Morgan fingerprint density at radius 1 is 0.818 bits per heavy atom. The van der Waals surface area contributed by atoms with E-state index in [0.29, 0.717) is 5.82 Å². The van der Waals surface area contributed by atoms with Gasteiger partial charge < -0.3 is 5.32 Å². The molecule has 1 heterocycles. The van der Waals surface area contributed by atoms with Gasteiger partial charge in [0.1, 0.15) is 0 Å². The molecule has 1 unspecified atom stereocenters. The third-order valence-corrected chi connectivity index (χ3v) is 9.14. The van der Waals surface area contributed by atoms with Gasteiger partial charge >= 0.3 is 0 Å². The maximum atomic E-state index is 13.1. The molecule has 0 spiro atoms. The lowest BCUT2D eigenvalue weighted by Crippen LogP contribution is -2.32. The highest BCUT2D eigenvalue weighted by Gasteiger charge is 2.29. The summed E-state index contributed by atoms with van der Waals surface area (Å²) < 4.78 is 5.33. The minimum atomic E-state index is -2.54. The number of amides is 1. The van der Waals surface area contributed by atoms with E-state index in [2.05, 4.69) is 51.7 Å². The molecule has 0 aliphatic rings. The number of aromatic nitrogens is 2. The zero-order chi connectivity index (χ0) is 23.1. The lowest BCUT2D eigenvalue weighted by Gasteiger charge is -2.26. The molecule has 0 aliphatic heterocycles. The molecule has 6 heteroatoms. The van der Waals surface area contributed by atoms with Crippen molar-refractivity contribution in [3.05, 3.63) is 109 Å². The summed E-state index contributed by atoms with van der Waals surface area (Å²) in [6, 6.07) is 30.8. The number of nitrogens with zero attached hydrogens (tertiary/aromatic N) is 3. The van der Waals surface area contributed by atoms with Crippen molar-refractivity contribution in [2.75, 3.05) is 0 Å². The number of carbonyl (C=O) groups is 1. The molecule has 4 aromatic rings. The Morgan fingerprint density at radius 3 is 1.73 bits per heavy atom. The van der Waals surface area contributed by atoms with Crippen LogP contribution in [0.5, 0.6) is 0 Å². The second kappa shape index (κ2) is 10.4. The standard InChI is InChI=1S/C27H27N4OP/c1-3-21(2)30-27(32)25-26(29-20-19-28-25)31-33(22-13-7-4-8-14-22,23-15-9-5-10-16-23)24-17-11-6-12-18-24/h4-21H,3H2,1-2H3,(H,30,32). The molecule has 1 aromatic heterocycles. The largest absolute Gasteiger partial charge is 0.348 e. The molecule has 3 aromatic carbocycles. The quantitative estimate of drug-likeness (QED) is 0.408. The third-order valence-electron chi connectivity index (χ3n) is 5.52. The first kappa shape index (κ1) is 22.6. The smallest absolute Gasteiger partial charge is 0.274 e. The first-order valence-electron chi connectivity index (χ1n) is 11.1. The van der Waals surface area contributed by atoms with E-state index in [1.807, 2.05) is 68.4 Å². The van der Waals surface area contributed by atoms with Crippen LogP contribution in [0.4, 0.5) is 5.82 Å². The third kappa shape index (κ3) is 4.79. The van der Waals surface area contributed by atoms with Crippen LogP contribution >= 0.6 is 7.05 Å². The van der Waals surface area contributed by atoms with E-state index in [1.54, 1.807) is 6.20 Å². The molecular weight excluding hydrogens is 427 g/mol. The molecule has 4 rings (SSSR count). The second-order valence-corrected chi connectivity index (χ2v) is 10.8. The van der Waals surface area contributed by atoms with Gasteiger partial charge in [0.2, 0.25) is 0 Å². The van der Waals surface area contributed by atoms with Crippen LogP contribution in [0.25, 0.3) is 0 Å². The van der Waals surface area contributed by atoms with Gasteiger partial charge in [-0.05, 0) is 13.3 Å². The van der Waals surface area contributed by atoms with E-state index in [1.165, 1.54) is 6.20 Å². The van der Waals surface area contributed by atoms with Crippen LogP contribution in [-0.4, -0.2) is 21.9 Å². The minimum absolute atomic E-state index is 0.0317. The van der Waals surface area contributed by atoms with E-state index in [0.717, 1.165) is 22.3 Å². The summed E-state index contributed by atoms with van der Waals surface area (Å²) in [7, 11) is -2.54. The maximum Gasteiger partial charge on any atom is 0.274 e. The molecule has 0 saturated carbocycles. The van der Waals surface area contributed by atoms with Gasteiger partial charge in [-0.25, -0.2) is 14.7 Å². The zero-order valence-corrected chi connectivity index (χ0v) is 19.7. The number of rotatable bonds is 7. The molecular formula is C27H27N4OP. The van der Waals surface area contributed by atoms with Gasteiger partial charge in [0, 0.05) is 34.3 Å². The summed E-state index contributed by atoms with van der Waals surface area (Å²) in [4.78, 5) is 22.0. The number of hydrogen-bond donors (Lipinski definition) is 1. The summed E-state index contributed by atoms with van der Waals surface area (Å²) >= 11 is 0. The van der Waals surface area contributed by atoms with Gasteiger partial charge in [-0.2, -0.15) is 0 Å². The number of hydrogen-bond acceptors (Lipinski definition) is 4. The van der Waals surface area contributed by atoms with Crippen LogP contribution in [0.1, 0.15) is 30.8 Å². The fourth-order valence-corrected chi connectivity index (χ4v) is 7.13. The molecule has 0 fully saturated rings. The van der Waals surface area contributed by atoms with Crippen molar-refractivity contribution in [1.82, 2.24) is 15.3 Å². The topological polar surface area (TPSA) is 67.2 Å². The Balaban J connectivity index is 2.05. The van der Waals surface area contributed by atoms with Crippen molar-refractivity contribution >= 4 is 34.7 Å². The summed E-state index contributed by atoms with van der Waals surface area (Å²) in [5.74, 6) is 0.0895. The molecule has 0 bridgehead atoms. The van der Waals surface area contributed by atoms with Gasteiger partial charge in [0.05, 0.1) is 7.05 Å². The van der Waals surface area contributed by atoms with Crippen LogP contribution in [0.2, 0.25) is 0 Å². The Kier molecular flexibility index (Phi) is 7.11. The van der Waals surface area contributed by atoms with Crippen LogP contribution in [0, 0.1) is 0 Å². The average molecular weight is 455 g/mol. The van der Waals surface area contributed by atoms with Crippen molar-refractivity contribution < 1.29 is 4.79 Å². The van der Waals surface area contributed by atoms with Gasteiger partial charge in [0.25, 0.3) is 5.91 Å².